The Bertz CT molecular complexity index is 1600. The van der Waals surface area contributed by atoms with E-state index in [1.54, 1.807) is 7.11 Å². The van der Waals surface area contributed by atoms with Crippen molar-refractivity contribution in [1.82, 2.24) is 10.2 Å². The van der Waals surface area contributed by atoms with E-state index >= 15 is 2.81 Å². The first-order valence-electron chi connectivity index (χ1n) is 12.3. The average Bonchev–Trinajstić information content (AvgIpc) is 2.84. The van der Waals surface area contributed by atoms with Crippen LogP contribution in [0.25, 0.3) is 43.6 Å². The summed E-state index contributed by atoms with van der Waals surface area (Å²) in [6.07, 6.45) is 0. The normalized spacial score (nSPS) is 13.0. The summed E-state index contributed by atoms with van der Waals surface area (Å²) >= 11 is -4.52. The molecule has 0 aliphatic heterocycles. The second-order valence-electron chi connectivity index (χ2n) is 11.4. The van der Waals surface area contributed by atoms with E-state index in [2.05, 4.69) is 42.5 Å². The van der Waals surface area contributed by atoms with Gasteiger partial charge in [-0.3, -0.25) is 0 Å². The van der Waals surface area contributed by atoms with Gasteiger partial charge in [-0.1, -0.05) is 0 Å². The van der Waals surface area contributed by atoms with E-state index in [0.717, 1.165) is 49.3 Å². The molecular formula is C31H33FN2OSb. The quantitative estimate of drug-likeness (QED) is 0.157. The van der Waals surface area contributed by atoms with Gasteiger partial charge in [0.1, 0.15) is 0 Å². The fraction of sp³-hybridized carbons (Fsp3) is 0.290. The number of ether oxygens (including phenoxy) is 1. The predicted octanol–water partition coefficient (Wildman–Crippen LogP) is 8.33. The Balaban J connectivity index is 1.91. The Hall–Kier alpha value is -2.71. The van der Waals surface area contributed by atoms with E-state index in [1.165, 1.54) is 0 Å². The van der Waals surface area contributed by atoms with Crippen LogP contribution in [0.3, 0.4) is 0 Å². The molecule has 1 radical (unpaired) electrons. The first-order valence-corrected chi connectivity index (χ1v) is 17.1. The van der Waals surface area contributed by atoms with Crippen LogP contribution in [0.2, 0.25) is 6.72 Å². The van der Waals surface area contributed by atoms with Crippen molar-refractivity contribution in [3.63, 3.8) is 0 Å². The molecule has 185 valence electrons. The Kier molecular flexibility index (Phi) is 6.03. The maximum absolute atomic E-state index is 17.6. The molecule has 0 spiro atoms. The molecule has 0 saturated carbocycles. The molecule has 36 heavy (non-hydrogen) atoms. The summed E-state index contributed by atoms with van der Waals surface area (Å²) in [6, 6.07) is 24.8. The summed E-state index contributed by atoms with van der Waals surface area (Å²) in [5, 5.41) is 15.6. The van der Waals surface area contributed by atoms with Gasteiger partial charge in [0.25, 0.3) is 0 Å². The number of halogens is 1. The fourth-order valence-corrected chi connectivity index (χ4v) is 16.8. The summed E-state index contributed by atoms with van der Waals surface area (Å²) in [7, 11) is 1.68. The minimum absolute atomic E-state index is 0.502. The number of rotatable bonds is 3. The van der Waals surface area contributed by atoms with Crippen molar-refractivity contribution in [3.8, 4) is 17.0 Å². The topological polar surface area (TPSA) is 35.0 Å². The molecule has 5 rings (SSSR count). The SMILES string of the molecule is COc1cc(-c2nn[c]([Sb]([F])([C](C)(C)C)[C](C)(C)C)c3cc4ccccc4cc23)cc2ccccc12. The zero-order chi connectivity index (χ0) is 25.9. The Labute approximate surface area is 217 Å². The van der Waals surface area contributed by atoms with Gasteiger partial charge in [0.2, 0.25) is 0 Å². The molecule has 0 unspecified atom stereocenters. The van der Waals surface area contributed by atoms with Crippen LogP contribution in [-0.4, -0.2) is 36.7 Å². The van der Waals surface area contributed by atoms with Crippen molar-refractivity contribution in [1.29, 1.82) is 0 Å². The van der Waals surface area contributed by atoms with Gasteiger partial charge >= 0.3 is 218 Å². The first-order chi connectivity index (χ1) is 17.0. The molecule has 4 aromatic carbocycles. The van der Waals surface area contributed by atoms with E-state index in [9.17, 15) is 0 Å². The molecule has 0 N–H and O–H groups in total. The van der Waals surface area contributed by atoms with Crippen molar-refractivity contribution in [2.24, 2.45) is 0 Å². The van der Waals surface area contributed by atoms with E-state index in [-0.39, 0.29) is 0 Å². The summed E-state index contributed by atoms with van der Waals surface area (Å²) in [5.74, 6) is 0.783. The molecule has 0 aliphatic rings. The molecule has 0 fully saturated rings. The fourth-order valence-electron chi connectivity index (χ4n) is 5.49. The molecule has 0 amide bonds. The zero-order valence-corrected chi connectivity index (χ0v) is 24.6. The van der Waals surface area contributed by atoms with Crippen molar-refractivity contribution in [2.75, 3.05) is 7.11 Å². The molecule has 0 atom stereocenters. The van der Waals surface area contributed by atoms with E-state index in [0.29, 0.717) is 3.64 Å². The predicted molar refractivity (Wildman–Crippen MR) is 152 cm³/mol. The standard InChI is InChI=1S/C23H15N2O.2C4H9.FH.Sb/c1-26-22-13-18(11-17-8-4-5-9-20(17)22)23-21-12-16-7-3-2-6-15(16)10-19(21)14-24-25-23;2*1-4(2)3;;/h2-13H,1H3;2*1-3H3;1H;/q;;;;+1/p-1. The number of methoxy groups -OCH3 is 1. The number of hydrogen-bond donors (Lipinski definition) is 0. The summed E-state index contributed by atoms with van der Waals surface area (Å²) in [4.78, 5) is 0. The van der Waals surface area contributed by atoms with Gasteiger partial charge in [0, 0.05) is 0 Å². The summed E-state index contributed by atoms with van der Waals surface area (Å²) < 4.78 is 22.9. The first kappa shape index (κ1) is 25.0. The second-order valence-corrected chi connectivity index (χ2v) is 23.7. The van der Waals surface area contributed by atoms with E-state index < -0.39 is 26.1 Å². The van der Waals surface area contributed by atoms with Crippen LogP contribution in [0, 0.1) is 0 Å². The van der Waals surface area contributed by atoms with Crippen LogP contribution >= 0.6 is 0 Å². The van der Waals surface area contributed by atoms with E-state index in [1.807, 2.05) is 71.9 Å². The van der Waals surface area contributed by atoms with Gasteiger partial charge in [-0.25, -0.2) is 0 Å². The molecule has 0 bridgehead atoms. The second kappa shape index (κ2) is 8.70. The van der Waals surface area contributed by atoms with Gasteiger partial charge in [0.15, 0.2) is 0 Å². The average molecular weight is 590 g/mol. The van der Waals surface area contributed by atoms with Crippen molar-refractivity contribution < 1.29 is 7.55 Å². The Morgan fingerprint density at radius 3 is 1.81 bits per heavy atom. The van der Waals surface area contributed by atoms with Gasteiger partial charge in [0.05, 0.1) is 0 Å². The van der Waals surface area contributed by atoms with Crippen LogP contribution in [0.15, 0.2) is 72.8 Å². The van der Waals surface area contributed by atoms with E-state index in [4.69, 9.17) is 14.9 Å². The molecule has 3 nitrogen and oxygen atoms in total. The summed E-state index contributed by atoms with van der Waals surface area (Å²) in [5.41, 5.74) is 1.66. The van der Waals surface area contributed by atoms with Crippen molar-refractivity contribution >= 4 is 55.3 Å². The summed E-state index contributed by atoms with van der Waals surface area (Å²) in [6.45, 7) is 12.2. The number of hydrogen-bond acceptors (Lipinski definition) is 3. The third kappa shape index (κ3) is 3.85. The number of fused-ring (bicyclic) bond motifs is 3. The monoisotopic (exact) mass is 589 g/mol. The number of nitrogens with zero attached hydrogens (tertiary/aromatic N) is 2. The minimum atomic E-state index is -4.52. The Morgan fingerprint density at radius 2 is 1.22 bits per heavy atom. The van der Waals surface area contributed by atoms with Crippen molar-refractivity contribution in [3.05, 3.63) is 72.8 Å². The molecule has 0 aliphatic carbocycles. The zero-order valence-electron chi connectivity index (χ0n) is 22.1. The van der Waals surface area contributed by atoms with Crippen molar-refractivity contribution in [2.45, 2.75) is 48.3 Å². The number of aromatic nitrogens is 2. The maximum atomic E-state index is 17.6. The van der Waals surface area contributed by atoms with Crippen LogP contribution in [0.1, 0.15) is 41.5 Å². The molecule has 1 heterocycles. The van der Waals surface area contributed by atoms with Crippen LogP contribution in [0.5, 0.6) is 5.75 Å². The van der Waals surface area contributed by atoms with Gasteiger partial charge in [-0.15, -0.1) is 0 Å². The molecule has 1 aromatic heterocycles. The Morgan fingerprint density at radius 1 is 0.667 bits per heavy atom. The molecule has 5 aromatic rings. The third-order valence-corrected chi connectivity index (χ3v) is 20.2. The van der Waals surface area contributed by atoms with Gasteiger partial charge in [-0.05, 0) is 0 Å². The van der Waals surface area contributed by atoms with Crippen LogP contribution in [0.4, 0.5) is 2.81 Å². The van der Waals surface area contributed by atoms with Crippen LogP contribution < -0.4 is 8.38 Å². The molecular weight excluding hydrogens is 557 g/mol. The molecule has 5 heteroatoms. The number of benzene rings is 4. The van der Waals surface area contributed by atoms with Gasteiger partial charge < -0.3 is 0 Å². The van der Waals surface area contributed by atoms with Crippen LogP contribution in [-0.2, 0) is 0 Å². The van der Waals surface area contributed by atoms with Gasteiger partial charge in [-0.2, -0.15) is 0 Å². The third-order valence-electron chi connectivity index (χ3n) is 7.08. The molecule has 0 saturated heterocycles.